The monoisotopic (exact) mass is 208 g/mol. The molecule has 0 spiro atoms. The first-order valence-corrected chi connectivity index (χ1v) is 4.45. The summed E-state index contributed by atoms with van der Waals surface area (Å²) in [5, 5.41) is 8.65. The maximum atomic E-state index is 10.7. The number of carboxylic acid groups (broad SMARTS) is 1. The highest BCUT2D eigenvalue weighted by Crippen LogP contribution is 2.01. The van der Waals surface area contributed by atoms with Crippen LogP contribution in [0.4, 0.5) is 9.59 Å². The highest BCUT2D eigenvalue weighted by molar-refractivity contribution is 5.88. The molecular formula is C10H12N2O3. The lowest BCUT2D eigenvalue weighted by Crippen LogP contribution is -2.41. The second-order valence-corrected chi connectivity index (χ2v) is 3.01. The maximum Gasteiger partial charge on any atom is 0.415 e. The molecule has 0 heterocycles. The van der Waals surface area contributed by atoms with Crippen LogP contribution in [0, 0.1) is 0 Å². The smallest absolute Gasteiger partial charge is 0.415 e. The minimum absolute atomic E-state index is 0.0781. The summed E-state index contributed by atoms with van der Waals surface area (Å²) in [6.07, 6.45) is -0.853. The fourth-order valence-corrected chi connectivity index (χ4v) is 1.19. The lowest BCUT2D eigenvalue weighted by molar-refractivity contribution is 0.152. The first kappa shape index (κ1) is 11.0. The average molecular weight is 208 g/mol. The van der Waals surface area contributed by atoms with Crippen LogP contribution in [0.1, 0.15) is 5.56 Å². The number of carbonyl (C=O) groups is 2. The second kappa shape index (κ2) is 4.99. The van der Waals surface area contributed by atoms with Crippen LogP contribution in [0.15, 0.2) is 30.3 Å². The summed E-state index contributed by atoms with van der Waals surface area (Å²) in [7, 11) is 0. The molecule has 0 saturated carbocycles. The molecule has 5 nitrogen and oxygen atoms in total. The van der Waals surface area contributed by atoms with Gasteiger partial charge in [0.05, 0.1) is 0 Å². The van der Waals surface area contributed by atoms with E-state index in [0.29, 0.717) is 11.3 Å². The predicted molar refractivity (Wildman–Crippen MR) is 54.5 cm³/mol. The van der Waals surface area contributed by atoms with Crippen LogP contribution in [-0.4, -0.2) is 28.7 Å². The van der Waals surface area contributed by atoms with Crippen molar-refractivity contribution in [2.24, 2.45) is 5.73 Å². The molecule has 3 N–H and O–H groups in total. The standard InChI is InChI=1S/C10H12N2O3/c11-9(13)12(10(14)15)7-6-8-4-2-1-3-5-8/h1-5H,6-7H2,(H2,11,13)(H,14,15). The highest BCUT2D eigenvalue weighted by Gasteiger charge is 2.16. The van der Waals surface area contributed by atoms with Crippen molar-refractivity contribution in [2.45, 2.75) is 6.42 Å². The van der Waals surface area contributed by atoms with E-state index >= 15 is 0 Å². The van der Waals surface area contributed by atoms with Gasteiger partial charge < -0.3 is 10.8 Å². The van der Waals surface area contributed by atoms with E-state index in [1.807, 2.05) is 30.3 Å². The van der Waals surface area contributed by atoms with Gasteiger partial charge in [-0.25, -0.2) is 14.5 Å². The van der Waals surface area contributed by atoms with Crippen LogP contribution in [0.2, 0.25) is 0 Å². The summed E-state index contributed by atoms with van der Waals surface area (Å²) in [4.78, 5) is 21.9. The Morgan fingerprint density at radius 3 is 2.33 bits per heavy atom. The van der Waals surface area contributed by atoms with Gasteiger partial charge in [0.15, 0.2) is 0 Å². The zero-order valence-corrected chi connectivity index (χ0v) is 8.09. The lowest BCUT2D eigenvalue weighted by atomic mass is 10.1. The Hall–Kier alpha value is -2.04. The molecule has 5 heteroatoms. The normalized spacial score (nSPS) is 9.60. The molecule has 1 aromatic rings. The van der Waals surface area contributed by atoms with Gasteiger partial charge in [0.25, 0.3) is 0 Å². The molecule has 1 rings (SSSR count). The van der Waals surface area contributed by atoms with Crippen LogP contribution < -0.4 is 5.73 Å². The number of amides is 3. The Bertz CT molecular complexity index is 337. The molecular weight excluding hydrogens is 196 g/mol. The third kappa shape index (κ3) is 3.30. The summed E-state index contributed by atoms with van der Waals surface area (Å²) in [6, 6.07) is 8.35. The molecule has 0 aliphatic carbocycles. The van der Waals surface area contributed by atoms with Gasteiger partial charge in [0.1, 0.15) is 0 Å². The number of urea groups is 1. The van der Waals surface area contributed by atoms with Crippen molar-refractivity contribution in [3.05, 3.63) is 35.9 Å². The zero-order valence-electron chi connectivity index (χ0n) is 8.09. The molecule has 3 amide bonds. The number of primary amides is 1. The van der Waals surface area contributed by atoms with Gasteiger partial charge in [0, 0.05) is 6.54 Å². The van der Waals surface area contributed by atoms with Gasteiger partial charge in [-0.05, 0) is 12.0 Å². The van der Waals surface area contributed by atoms with Gasteiger partial charge in [-0.1, -0.05) is 30.3 Å². The summed E-state index contributed by atoms with van der Waals surface area (Å²) in [6.45, 7) is 0.0781. The highest BCUT2D eigenvalue weighted by atomic mass is 16.4. The number of imide groups is 1. The van der Waals surface area contributed by atoms with Crippen molar-refractivity contribution in [3.63, 3.8) is 0 Å². The van der Waals surface area contributed by atoms with Crippen LogP contribution in [-0.2, 0) is 6.42 Å². The summed E-state index contributed by atoms with van der Waals surface area (Å²) in [5.74, 6) is 0. The van der Waals surface area contributed by atoms with Crippen LogP contribution >= 0.6 is 0 Å². The van der Waals surface area contributed by atoms with E-state index in [1.165, 1.54) is 0 Å². The molecule has 0 aromatic heterocycles. The van der Waals surface area contributed by atoms with Crippen molar-refractivity contribution < 1.29 is 14.7 Å². The number of carbonyl (C=O) groups excluding carboxylic acids is 1. The summed E-state index contributed by atoms with van der Waals surface area (Å²) >= 11 is 0. The zero-order chi connectivity index (χ0) is 11.3. The summed E-state index contributed by atoms with van der Waals surface area (Å²) in [5.41, 5.74) is 5.87. The minimum atomic E-state index is -1.32. The van der Waals surface area contributed by atoms with E-state index in [4.69, 9.17) is 10.8 Å². The van der Waals surface area contributed by atoms with Gasteiger partial charge in [-0.3, -0.25) is 0 Å². The fourth-order valence-electron chi connectivity index (χ4n) is 1.19. The molecule has 0 bridgehead atoms. The largest absolute Gasteiger partial charge is 0.465 e. The van der Waals surface area contributed by atoms with E-state index < -0.39 is 12.1 Å². The van der Waals surface area contributed by atoms with E-state index in [1.54, 1.807) is 0 Å². The number of hydrogen-bond acceptors (Lipinski definition) is 2. The number of hydrogen-bond donors (Lipinski definition) is 2. The number of nitrogens with zero attached hydrogens (tertiary/aromatic N) is 1. The van der Waals surface area contributed by atoms with E-state index in [0.717, 1.165) is 5.56 Å². The Morgan fingerprint density at radius 2 is 1.87 bits per heavy atom. The van der Waals surface area contributed by atoms with Gasteiger partial charge >= 0.3 is 12.1 Å². The summed E-state index contributed by atoms with van der Waals surface area (Å²) < 4.78 is 0. The Kier molecular flexibility index (Phi) is 3.68. The van der Waals surface area contributed by atoms with Crippen molar-refractivity contribution in [1.29, 1.82) is 0 Å². The van der Waals surface area contributed by atoms with E-state index in [9.17, 15) is 9.59 Å². The van der Waals surface area contributed by atoms with Crippen molar-refractivity contribution in [1.82, 2.24) is 4.90 Å². The Balaban J connectivity index is 2.55. The molecule has 0 fully saturated rings. The second-order valence-electron chi connectivity index (χ2n) is 3.01. The van der Waals surface area contributed by atoms with E-state index in [-0.39, 0.29) is 6.54 Å². The Morgan fingerprint density at radius 1 is 1.27 bits per heavy atom. The molecule has 0 saturated heterocycles. The van der Waals surface area contributed by atoms with Crippen molar-refractivity contribution in [2.75, 3.05) is 6.54 Å². The van der Waals surface area contributed by atoms with Gasteiger partial charge in [-0.2, -0.15) is 0 Å². The number of nitrogens with two attached hydrogens (primary N) is 1. The lowest BCUT2D eigenvalue weighted by Gasteiger charge is -2.13. The third-order valence-electron chi connectivity index (χ3n) is 1.96. The van der Waals surface area contributed by atoms with Gasteiger partial charge in [0.2, 0.25) is 0 Å². The van der Waals surface area contributed by atoms with Crippen LogP contribution in [0.25, 0.3) is 0 Å². The first-order valence-electron chi connectivity index (χ1n) is 4.45. The quantitative estimate of drug-likeness (QED) is 0.784. The topological polar surface area (TPSA) is 83.6 Å². The molecule has 0 atom stereocenters. The molecule has 15 heavy (non-hydrogen) atoms. The van der Waals surface area contributed by atoms with Crippen molar-refractivity contribution >= 4 is 12.1 Å². The molecule has 0 aliphatic heterocycles. The predicted octanol–water partition coefficient (Wildman–Crippen LogP) is 1.29. The Labute approximate surface area is 87.1 Å². The molecule has 0 radical (unpaired) electrons. The van der Waals surface area contributed by atoms with Crippen molar-refractivity contribution in [3.8, 4) is 0 Å². The molecule has 0 aliphatic rings. The van der Waals surface area contributed by atoms with Gasteiger partial charge in [-0.15, -0.1) is 0 Å². The van der Waals surface area contributed by atoms with E-state index in [2.05, 4.69) is 0 Å². The molecule has 1 aromatic carbocycles. The third-order valence-corrected chi connectivity index (χ3v) is 1.96. The van der Waals surface area contributed by atoms with Crippen LogP contribution in [0.3, 0.4) is 0 Å². The minimum Gasteiger partial charge on any atom is -0.465 e. The fraction of sp³-hybridized carbons (Fsp3) is 0.200. The number of rotatable bonds is 3. The average Bonchev–Trinajstić information content (AvgIpc) is 2.18. The maximum absolute atomic E-state index is 10.7. The molecule has 0 unspecified atom stereocenters. The van der Waals surface area contributed by atoms with Crippen LogP contribution in [0.5, 0.6) is 0 Å². The number of benzene rings is 1. The molecule has 80 valence electrons. The first-order chi connectivity index (χ1) is 7.11. The SMILES string of the molecule is NC(=O)N(CCc1ccccc1)C(=O)O.